The quantitative estimate of drug-likeness (QED) is 0.380. The van der Waals surface area contributed by atoms with E-state index in [-0.39, 0.29) is 0 Å². The van der Waals surface area contributed by atoms with Crippen LogP contribution >= 0.6 is 0 Å². The monoisotopic (exact) mass is 185 g/mol. The average Bonchev–Trinajstić information content (AvgIpc) is 2.64. The Hall–Kier alpha value is -0.770. The Morgan fingerprint density at radius 1 is 1.54 bits per heavy atom. The summed E-state index contributed by atoms with van der Waals surface area (Å²) in [5, 5.41) is 2.96. The van der Waals surface area contributed by atoms with Crippen LogP contribution in [0, 0.1) is 0 Å². The lowest BCUT2D eigenvalue weighted by Crippen LogP contribution is -2.34. The van der Waals surface area contributed by atoms with Gasteiger partial charge in [0, 0.05) is 13.6 Å². The van der Waals surface area contributed by atoms with Crippen LogP contribution < -0.4 is 11.1 Å². The molecule has 1 aliphatic carbocycles. The summed E-state index contributed by atoms with van der Waals surface area (Å²) in [4.78, 5) is 3.79. The van der Waals surface area contributed by atoms with Crippen LogP contribution in [0.4, 0.5) is 0 Å². The fourth-order valence-electron chi connectivity index (χ4n) is 1.54. The van der Waals surface area contributed by atoms with Crippen LogP contribution in [-0.2, 0) is 4.74 Å². The van der Waals surface area contributed by atoms with Crippen molar-refractivity contribution in [1.29, 1.82) is 0 Å². The van der Waals surface area contributed by atoms with Gasteiger partial charge in [0.15, 0.2) is 5.96 Å². The van der Waals surface area contributed by atoms with Crippen molar-refractivity contribution in [3.8, 4) is 0 Å². The summed E-state index contributed by atoms with van der Waals surface area (Å²) in [6, 6.07) is 0. The maximum Gasteiger partial charge on any atom is 0.188 e. The zero-order valence-corrected chi connectivity index (χ0v) is 8.25. The van der Waals surface area contributed by atoms with E-state index in [4.69, 9.17) is 10.5 Å². The van der Waals surface area contributed by atoms with Crippen molar-refractivity contribution in [2.75, 3.05) is 20.2 Å². The van der Waals surface area contributed by atoms with Gasteiger partial charge in [-0.25, -0.2) is 0 Å². The summed E-state index contributed by atoms with van der Waals surface area (Å²) in [6.45, 7) is 1.47. The Balaban J connectivity index is 1.94. The smallest absolute Gasteiger partial charge is 0.188 e. The second-order valence-electron chi connectivity index (χ2n) is 3.31. The van der Waals surface area contributed by atoms with Gasteiger partial charge in [0.1, 0.15) is 0 Å². The first-order chi connectivity index (χ1) is 6.33. The van der Waals surface area contributed by atoms with Gasteiger partial charge in [-0.3, -0.25) is 4.99 Å². The van der Waals surface area contributed by atoms with E-state index in [1.54, 1.807) is 7.05 Å². The maximum atomic E-state index is 5.62. The van der Waals surface area contributed by atoms with Gasteiger partial charge < -0.3 is 15.8 Å². The first-order valence-corrected chi connectivity index (χ1v) is 4.90. The number of guanidine groups is 1. The minimum atomic E-state index is 0.482. The van der Waals surface area contributed by atoms with Gasteiger partial charge in [-0.2, -0.15) is 0 Å². The lowest BCUT2D eigenvalue weighted by Gasteiger charge is -2.11. The van der Waals surface area contributed by atoms with Crippen molar-refractivity contribution in [3.63, 3.8) is 0 Å². The SMILES string of the molecule is CN=C(N)NCCOC1CCCC1. The van der Waals surface area contributed by atoms with E-state index >= 15 is 0 Å². The van der Waals surface area contributed by atoms with Crippen LogP contribution in [-0.4, -0.2) is 32.3 Å². The predicted octanol–water partition coefficient (Wildman–Crippen LogP) is 0.480. The molecule has 0 aliphatic heterocycles. The van der Waals surface area contributed by atoms with Crippen molar-refractivity contribution in [2.45, 2.75) is 31.8 Å². The van der Waals surface area contributed by atoms with E-state index in [2.05, 4.69) is 10.3 Å². The van der Waals surface area contributed by atoms with E-state index in [1.165, 1.54) is 25.7 Å². The van der Waals surface area contributed by atoms with Crippen LogP contribution in [0.25, 0.3) is 0 Å². The molecule has 76 valence electrons. The van der Waals surface area contributed by atoms with E-state index in [0.717, 1.165) is 13.2 Å². The van der Waals surface area contributed by atoms with Crippen LogP contribution in [0.3, 0.4) is 0 Å². The molecule has 1 fully saturated rings. The topological polar surface area (TPSA) is 59.6 Å². The molecule has 1 aliphatic rings. The lowest BCUT2D eigenvalue weighted by molar-refractivity contribution is 0.0623. The Morgan fingerprint density at radius 2 is 2.23 bits per heavy atom. The molecule has 4 heteroatoms. The maximum absolute atomic E-state index is 5.62. The molecule has 0 heterocycles. The fourth-order valence-corrected chi connectivity index (χ4v) is 1.54. The van der Waals surface area contributed by atoms with Crippen molar-refractivity contribution < 1.29 is 4.74 Å². The van der Waals surface area contributed by atoms with Crippen LogP contribution in [0.2, 0.25) is 0 Å². The predicted molar refractivity (Wildman–Crippen MR) is 53.8 cm³/mol. The number of hydrogen-bond acceptors (Lipinski definition) is 2. The van der Waals surface area contributed by atoms with Gasteiger partial charge in [-0.05, 0) is 12.8 Å². The molecule has 0 aromatic heterocycles. The van der Waals surface area contributed by atoms with Gasteiger partial charge in [-0.1, -0.05) is 12.8 Å². The number of rotatable bonds is 4. The zero-order valence-electron chi connectivity index (χ0n) is 8.25. The van der Waals surface area contributed by atoms with Crippen molar-refractivity contribution in [3.05, 3.63) is 0 Å². The number of aliphatic imine (C=N–C) groups is 1. The molecule has 0 bridgehead atoms. The van der Waals surface area contributed by atoms with E-state index in [1.807, 2.05) is 0 Å². The highest BCUT2D eigenvalue weighted by Gasteiger charge is 2.14. The van der Waals surface area contributed by atoms with E-state index in [0.29, 0.717) is 12.1 Å². The molecule has 0 aromatic rings. The molecule has 1 rings (SSSR count). The molecule has 0 saturated heterocycles. The standard InChI is InChI=1S/C9H19N3O/c1-11-9(10)12-6-7-13-8-4-2-3-5-8/h8H,2-7H2,1H3,(H3,10,11,12). The molecule has 0 atom stereocenters. The van der Waals surface area contributed by atoms with Crippen LogP contribution in [0.5, 0.6) is 0 Å². The summed E-state index contributed by atoms with van der Waals surface area (Å²) in [5.41, 5.74) is 5.45. The molecule has 3 N–H and O–H groups in total. The molecule has 13 heavy (non-hydrogen) atoms. The third-order valence-corrected chi connectivity index (χ3v) is 2.30. The van der Waals surface area contributed by atoms with Crippen LogP contribution in [0.1, 0.15) is 25.7 Å². The molecule has 0 aromatic carbocycles. The Morgan fingerprint density at radius 3 is 2.85 bits per heavy atom. The Bertz CT molecular complexity index is 164. The van der Waals surface area contributed by atoms with Crippen LogP contribution in [0.15, 0.2) is 4.99 Å². The number of nitrogens with one attached hydrogen (secondary N) is 1. The summed E-state index contributed by atoms with van der Waals surface area (Å²) >= 11 is 0. The van der Waals surface area contributed by atoms with Gasteiger partial charge >= 0.3 is 0 Å². The van der Waals surface area contributed by atoms with Gasteiger partial charge in [-0.15, -0.1) is 0 Å². The number of hydrogen-bond donors (Lipinski definition) is 2. The molecular weight excluding hydrogens is 166 g/mol. The summed E-state index contributed by atoms with van der Waals surface area (Å²) < 4.78 is 5.62. The molecule has 0 spiro atoms. The number of ether oxygens (including phenoxy) is 1. The Labute approximate surface area is 79.6 Å². The Kier molecular flexibility index (Phi) is 4.60. The molecule has 0 unspecified atom stereocenters. The summed E-state index contributed by atoms with van der Waals surface area (Å²) in [7, 11) is 1.67. The van der Waals surface area contributed by atoms with Gasteiger partial charge in [0.2, 0.25) is 0 Å². The third kappa shape index (κ3) is 4.12. The highest BCUT2D eigenvalue weighted by Crippen LogP contribution is 2.20. The number of nitrogens with zero attached hydrogens (tertiary/aromatic N) is 1. The second kappa shape index (κ2) is 5.80. The van der Waals surface area contributed by atoms with E-state index in [9.17, 15) is 0 Å². The van der Waals surface area contributed by atoms with Crippen molar-refractivity contribution in [1.82, 2.24) is 5.32 Å². The zero-order chi connectivity index (χ0) is 9.52. The molecule has 4 nitrogen and oxygen atoms in total. The second-order valence-corrected chi connectivity index (χ2v) is 3.31. The normalized spacial score (nSPS) is 19.3. The molecule has 1 saturated carbocycles. The van der Waals surface area contributed by atoms with Crippen molar-refractivity contribution in [2.24, 2.45) is 10.7 Å². The minimum Gasteiger partial charge on any atom is -0.376 e. The first kappa shape index (κ1) is 10.3. The summed E-state index contributed by atoms with van der Waals surface area (Å²) in [5.74, 6) is 0.482. The van der Waals surface area contributed by atoms with Gasteiger partial charge in [0.05, 0.1) is 12.7 Å². The average molecular weight is 185 g/mol. The number of nitrogens with two attached hydrogens (primary N) is 1. The highest BCUT2D eigenvalue weighted by molar-refractivity contribution is 5.77. The molecule has 0 amide bonds. The summed E-state index contributed by atoms with van der Waals surface area (Å²) in [6.07, 6.45) is 5.56. The molecular formula is C9H19N3O. The lowest BCUT2D eigenvalue weighted by atomic mass is 10.3. The minimum absolute atomic E-state index is 0.482. The first-order valence-electron chi connectivity index (χ1n) is 4.90. The molecule has 0 radical (unpaired) electrons. The van der Waals surface area contributed by atoms with Gasteiger partial charge in [0.25, 0.3) is 0 Å². The van der Waals surface area contributed by atoms with E-state index < -0.39 is 0 Å². The van der Waals surface area contributed by atoms with Crippen molar-refractivity contribution >= 4 is 5.96 Å². The fraction of sp³-hybridized carbons (Fsp3) is 0.889. The third-order valence-electron chi connectivity index (χ3n) is 2.30. The largest absolute Gasteiger partial charge is 0.376 e. The highest BCUT2D eigenvalue weighted by atomic mass is 16.5.